The van der Waals surface area contributed by atoms with Crippen molar-refractivity contribution < 1.29 is 4.92 Å². The summed E-state index contributed by atoms with van der Waals surface area (Å²) in [5, 5.41) is 10.9. The molecule has 0 aromatic carbocycles. The zero-order valence-corrected chi connectivity index (χ0v) is 11.4. The topological polar surface area (TPSA) is 72.4 Å². The zero-order chi connectivity index (χ0) is 13.1. The molecule has 0 aliphatic carbocycles. The van der Waals surface area contributed by atoms with Crippen LogP contribution >= 0.6 is 11.3 Å². The van der Waals surface area contributed by atoms with Crippen molar-refractivity contribution >= 4 is 16.3 Å². The first kappa shape index (κ1) is 13.5. The van der Waals surface area contributed by atoms with Crippen molar-refractivity contribution in [2.45, 2.75) is 44.8 Å². The molecular formula is C12H19N3O2S. The molecule has 5 nitrogen and oxygen atoms in total. The van der Waals surface area contributed by atoms with Gasteiger partial charge in [-0.1, -0.05) is 17.8 Å². The highest BCUT2D eigenvalue weighted by molar-refractivity contribution is 7.15. The molecule has 0 radical (unpaired) electrons. The van der Waals surface area contributed by atoms with E-state index in [1.807, 2.05) is 6.07 Å². The number of nitrogens with two attached hydrogens (primary N) is 1. The van der Waals surface area contributed by atoms with Crippen LogP contribution in [0, 0.1) is 10.1 Å². The van der Waals surface area contributed by atoms with E-state index in [0.29, 0.717) is 18.6 Å². The van der Waals surface area contributed by atoms with Gasteiger partial charge < -0.3 is 5.73 Å². The number of nitrogens with zero attached hydrogens (tertiary/aromatic N) is 2. The van der Waals surface area contributed by atoms with E-state index in [1.54, 1.807) is 6.07 Å². The molecule has 0 amide bonds. The van der Waals surface area contributed by atoms with Gasteiger partial charge in [0.2, 0.25) is 0 Å². The lowest BCUT2D eigenvalue weighted by molar-refractivity contribution is -0.380. The number of rotatable bonds is 4. The average Bonchev–Trinajstić information content (AvgIpc) is 2.80. The van der Waals surface area contributed by atoms with Gasteiger partial charge in [0.25, 0.3) is 0 Å². The maximum atomic E-state index is 10.7. The largest absolute Gasteiger partial charge is 0.329 e. The van der Waals surface area contributed by atoms with Crippen LogP contribution in [0.5, 0.6) is 0 Å². The lowest BCUT2D eigenvalue weighted by Gasteiger charge is -2.39. The minimum absolute atomic E-state index is 0.221. The first-order valence-electron chi connectivity index (χ1n) is 6.30. The van der Waals surface area contributed by atoms with Crippen molar-refractivity contribution in [1.82, 2.24) is 4.90 Å². The van der Waals surface area contributed by atoms with E-state index in [9.17, 15) is 10.1 Å². The lowest BCUT2D eigenvalue weighted by Crippen LogP contribution is -2.48. The molecular weight excluding hydrogens is 250 g/mol. The van der Waals surface area contributed by atoms with Gasteiger partial charge in [0.05, 0.1) is 4.92 Å². The highest BCUT2D eigenvalue weighted by Gasteiger charge is 2.27. The second kappa shape index (κ2) is 5.77. The molecule has 1 saturated heterocycles. The third-order valence-electron chi connectivity index (χ3n) is 3.63. The van der Waals surface area contributed by atoms with Gasteiger partial charge in [0.15, 0.2) is 0 Å². The molecule has 2 heterocycles. The summed E-state index contributed by atoms with van der Waals surface area (Å²) in [5.74, 6) is 0. The summed E-state index contributed by atoms with van der Waals surface area (Å²) in [4.78, 5) is 13.8. The SMILES string of the molecule is CC1CCCC(CN)N1Cc1ccc([N+](=O)[O-])s1. The van der Waals surface area contributed by atoms with Crippen molar-refractivity contribution in [3.05, 3.63) is 27.1 Å². The Morgan fingerprint density at radius 1 is 1.56 bits per heavy atom. The smallest absolute Gasteiger partial charge is 0.324 e. The molecule has 1 aromatic rings. The molecule has 0 bridgehead atoms. The third-order valence-corrected chi connectivity index (χ3v) is 4.65. The highest BCUT2D eigenvalue weighted by Crippen LogP contribution is 2.29. The van der Waals surface area contributed by atoms with E-state index < -0.39 is 0 Å². The minimum atomic E-state index is -0.325. The van der Waals surface area contributed by atoms with Crippen LogP contribution in [0.15, 0.2) is 12.1 Å². The molecule has 6 heteroatoms. The molecule has 1 aliphatic rings. The van der Waals surface area contributed by atoms with Gasteiger partial charge in [-0.3, -0.25) is 15.0 Å². The van der Waals surface area contributed by atoms with Crippen LogP contribution in [0.3, 0.4) is 0 Å². The van der Waals surface area contributed by atoms with Crippen LogP contribution in [0.2, 0.25) is 0 Å². The fraction of sp³-hybridized carbons (Fsp3) is 0.667. The highest BCUT2D eigenvalue weighted by atomic mass is 32.1. The number of hydrogen-bond acceptors (Lipinski definition) is 5. The second-order valence-electron chi connectivity index (χ2n) is 4.84. The van der Waals surface area contributed by atoms with E-state index in [1.165, 1.54) is 24.2 Å². The number of hydrogen-bond donors (Lipinski definition) is 1. The van der Waals surface area contributed by atoms with E-state index in [-0.39, 0.29) is 9.92 Å². The van der Waals surface area contributed by atoms with E-state index >= 15 is 0 Å². The maximum absolute atomic E-state index is 10.7. The number of likely N-dealkylation sites (tertiary alicyclic amines) is 1. The Bertz CT molecular complexity index is 421. The predicted molar refractivity (Wildman–Crippen MR) is 72.7 cm³/mol. The fourth-order valence-electron chi connectivity index (χ4n) is 2.61. The maximum Gasteiger partial charge on any atom is 0.324 e. The summed E-state index contributed by atoms with van der Waals surface area (Å²) in [6, 6.07) is 4.37. The molecule has 2 unspecified atom stereocenters. The van der Waals surface area contributed by atoms with Gasteiger partial charge in [0, 0.05) is 36.1 Å². The monoisotopic (exact) mass is 269 g/mol. The first-order chi connectivity index (χ1) is 8.61. The summed E-state index contributed by atoms with van der Waals surface area (Å²) in [5.41, 5.74) is 5.82. The summed E-state index contributed by atoms with van der Waals surface area (Å²) in [7, 11) is 0. The summed E-state index contributed by atoms with van der Waals surface area (Å²) in [6.07, 6.45) is 3.54. The second-order valence-corrected chi connectivity index (χ2v) is 5.99. The minimum Gasteiger partial charge on any atom is -0.329 e. The Balaban J connectivity index is 2.07. The number of nitro groups is 1. The van der Waals surface area contributed by atoms with Crippen molar-refractivity contribution in [2.24, 2.45) is 5.73 Å². The van der Waals surface area contributed by atoms with Crippen LogP contribution in [0.1, 0.15) is 31.1 Å². The van der Waals surface area contributed by atoms with Crippen LogP contribution in [0.4, 0.5) is 5.00 Å². The van der Waals surface area contributed by atoms with E-state index in [2.05, 4.69) is 11.8 Å². The Morgan fingerprint density at radius 3 is 2.94 bits per heavy atom. The quantitative estimate of drug-likeness (QED) is 0.672. The van der Waals surface area contributed by atoms with Gasteiger partial charge in [-0.2, -0.15) is 0 Å². The third kappa shape index (κ3) is 2.88. The normalized spacial score (nSPS) is 25.2. The summed E-state index contributed by atoms with van der Waals surface area (Å²) >= 11 is 1.27. The molecule has 2 N–H and O–H groups in total. The van der Waals surface area contributed by atoms with Crippen molar-refractivity contribution in [3.63, 3.8) is 0 Å². The molecule has 100 valence electrons. The van der Waals surface area contributed by atoms with Crippen LogP contribution in [-0.4, -0.2) is 28.5 Å². The first-order valence-corrected chi connectivity index (χ1v) is 7.12. The Hall–Kier alpha value is -0.980. The Kier molecular flexibility index (Phi) is 4.31. The fourth-order valence-corrected chi connectivity index (χ4v) is 3.44. The van der Waals surface area contributed by atoms with Gasteiger partial charge in [0.1, 0.15) is 0 Å². The number of piperidine rings is 1. The summed E-state index contributed by atoms with van der Waals surface area (Å²) < 4.78 is 0. The zero-order valence-electron chi connectivity index (χ0n) is 10.5. The molecule has 0 saturated carbocycles. The molecule has 1 aliphatic heterocycles. The van der Waals surface area contributed by atoms with Crippen LogP contribution in [-0.2, 0) is 6.54 Å². The van der Waals surface area contributed by atoms with Crippen molar-refractivity contribution in [2.75, 3.05) is 6.54 Å². The molecule has 1 aromatic heterocycles. The van der Waals surface area contributed by atoms with Gasteiger partial charge in [-0.05, 0) is 25.8 Å². The predicted octanol–water partition coefficient (Wildman–Crippen LogP) is 2.36. The summed E-state index contributed by atoms with van der Waals surface area (Å²) in [6.45, 7) is 3.66. The lowest BCUT2D eigenvalue weighted by atomic mass is 9.96. The Morgan fingerprint density at radius 2 is 2.33 bits per heavy atom. The van der Waals surface area contributed by atoms with E-state index in [0.717, 1.165) is 17.8 Å². The molecule has 18 heavy (non-hydrogen) atoms. The Labute approximate surface area is 111 Å². The van der Waals surface area contributed by atoms with Gasteiger partial charge >= 0.3 is 5.00 Å². The average molecular weight is 269 g/mol. The molecule has 2 atom stereocenters. The van der Waals surface area contributed by atoms with Gasteiger partial charge in [-0.25, -0.2) is 0 Å². The van der Waals surface area contributed by atoms with Crippen molar-refractivity contribution in [1.29, 1.82) is 0 Å². The molecule has 1 fully saturated rings. The molecule has 0 spiro atoms. The standard InChI is InChI=1S/C12H19N3O2S/c1-9-3-2-4-10(7-13)14(9)8-11-5-6-12(18-11)15(16)17/h5-6,9-10H,2-4,7-8,13H2,1H3. The van der Waals surface area contributed by atoms with Crippen LogP contribution < -0.4 is 5.73 Å². The molecule has 2 rings (SSSR count). The van der Waals surface area contributed by atoms with Gasteiger partial charge in [-0.15, -0.1) is 0 Å². The van der Waals surface area contributed by atoms with Crippen LogP contribution in [0.25, 0.3) is 0 Å². The van der Waals surface area contributed by atoms with Crippen molar-refractivity contribution in [3.8, 4) is 0 Å². The van der Waals surface area contributed by atoms with E-state index in [4.69, 9.17) is 5.73 Å². The number of thiophene rings is 1.